The van der Waals surface area contributed by atoms with Gasteiger partial charge in [-0.25, -0.2) is 4.79 Å². The molecule has 0 saturated carbocycles. The summed E-state index contributed by atoms with van der Waals surface area (Å²) < 4.78 is 11.2. The van der Waals surface area contributed by atoms with Crippen molar-refractivity contribution in [3.63, 3.8) is 0 Å². The van der Waals surface area contributed by atoms with E-state index in [9.17, 15) is 14.7 Å². The molecule has 0 aliphatic rings. The second kappa shape index (κ2) is 10.1. The highest BCUT2D eigenvalue weighted by Gasteiger charge is 2.15. The van der Waals surface area contributed by atoms with Gasteiger partial charge < -0.3 is 19.6 Å². The quantitative estimate of drug-likeness (QED) is 0.527. The van der Waals surface area contributed by atoms with E-state index in [4.69, 9.17) is 9.15 Å². The van der Waals surface area contributed by atoms with Gasteiger partial charge in [-0.15, -0.1) is 0 Å². The molecule has 3 aromatic rings. The molecule has 3 rings (SSSR count). The minimum Gasteiger partial charge on any atom is -0.483 e. The molecule has 2 aromatic carbocycles. The molecule has 0 bridgehead atoms. The predicted octanol–water partition coefficient (Wildman–Crippen LogP) is 3.67. The Bertz CT molecular complexity index is 1060. The van der Waals surface area contributed by atoms with Crippen molar-refractivity contribution < 1.29 is 19.1 Å². The Morgan fingerprint density at radius 3 is 2.70 bits per heavy atom. The monoisotopic (exact) mass is 409 g/mol. The third kappa shape index (κ3) is 5.48. The van der Waals surface area contributed by atoms with E-state index in [0.717, 1.165) is 41.3 Å². The van der Waals surface area contributed by atoms with Crippen LogP contribution in [0.5, 0.6) is 5.75 Å². The fraction of sp³-hybridized carbons (Fsp3) is 0.333. The van der Waals surface area contributed by atoms with Crippen molar-refractivity contribution in [2.75, 3.05) is 13.2 Å². The first-order chi connectivity index (χ1) is 14.5. The highest BCUT2D eigenvalue weighted by atomic mass is 16.5. The molecule has 0 aliphatic carbocycles. The van der Waals surface area contributed by atoms with E-state index in [1.165, 1.54) is 6.07 Å². The fourth-order valence-electron chi connectivity index (χ4n) is 3.35. The Morgan fingerprint density at radius 2 is 1.97 bits per heavy atom. The number of hydrogen-bond donors (Lipinski definition) is 2. The van der Waals surface area contributed by atoms with E-state index < -0.39 is 11.7 Å². The average molecular weight is 409 g/mol. The van der Waals surface area contributed by atoms with Gasteiger partial charge >= 0.3 is 5.63 Å². The smallest absolute Gasteiger partial charge is 0.336 e. The van der Waals surface area contributed by atoms with Crippen molar-refractivity contribution >= 4 is 16.9 Å². The van der Waals surface area contributed by atoms with E-state index in [1.807, 2.05) is 31.2 Å². The average Bonchev–Trinajstić information content (AvgIpc) is 2.74. The topological polar surface area (TPSA) is 88.8 Å². The second-order valence-corrected chi connectivity index (χ2v) is 7.35. The van der Waals surface area contributed by atoms with Gasteiger partial charge in [-0.05, 0) is 48.6 Å². The van der Waals surface area contributed by atoms with Gasteiger partial charge in [-0.3, -0.25) is 4.79 Å². The van der Waals surface area contributed by atoms with Gasteiger partial charge in [0.1, 0.15) is 11.3 Å². The maximum Gasteiger partial charge on any atom is 0.336 e. The van der Waals surface area contributed by atoms with E-state index in [-0.39, 0.29) is 19.1 Å². The molecule has 0 spiro atoms. The standard InChI is InChI=1S/C24H27NO5/c1-3-4-8-18-13-23(28)30-21-12-16(2)11-20(24(18)21)29-15-22(27)25-14-19(26)17-9-6-5-7-10-17/h5-7,9-13,19,26H,3-4,8,14-15H2,1-2H3,(H,25,27). The number of hydrogen-bond acceptors (Lipinski definition) is 5. The van der Waals surface area contributed by atoms with Crippen molar-refractivity contribution in [2.24, 2.45) is 0 Å². The highest BCUT2D eigenvalue weighted by Crippen LogP contribution is 2.30. The number of aryl methyl sites for hydroxylation is 2. The Hall–Kier alpha value is -3.12. The first kappa shape index (κ1) is 21.6. The van der Waals surface area contributed by atoms with Crippen molar-refractivity contribution in [2.45, 2.75) is 39.2 Å². The molecule has 1 amide bonds. The summed E-state index contributed by atoms with van der Waals surface area (Å²) in [7, 11) is 0. The van der Waals surface area contributed by atoms with Gasteiger partial charge in [-0.1, -0.05) is 43.7 Å². The van der Waals surface area contributed by atoms with Crippen LogP contribution < -0.4 is 15.7 Å². The maximum absolute atomic E-state index is 12.3. The van der Waals surface area contributed by atoms with Crippen LogP contribution in [0, 0.1) is 6.92 Å². The molecular weight excluding hydrogens is 382 g/mol. The number of unbranched alkanes of at least 4 members (excludes halogenated alkanes) is 1. The molecule has 0 radical (unpaired) electrons. The summed E-state index contributed by atoms with van der Waals surface area (Å²) in [4.78, 5) is 24.2. The zero-order valence-corrected chi connectivity index (χ0v) is 17.3. The molecule has 0 saturated heterocycles. The zero-order chi connectivity index (χ0) is 21.5. The molecule has 1 heterocycles. The molecular formula is C24H27NO5. The van der Waals surface area contributed by atoms with Crippen molar-refractivity contribution in [1.82, 2.24) is 5.32 Å². The zero-order valence-electron chi connectivity index (χ0n) is 17.3. The molecule has 30 heavy (non-hydrogen) atoms. The summed E-state index contributed by atoms with van der Waals surface area (Å²) in [5.74, 6) is 0.172. The fourth-order valence-corrected chi connectivity index (χ4v) is 3.35. The number of aliphatic hydroxyl groups excluding tert-OH is 1. The summed E-state index contributed by atoms with van der Waals surface area (Å²) >= 11 is 0. The van der Waals surface area contributed by atoms with E-state index in [2.05, 4.69) is 12.2 Å². The molecule has 6 nitrogen and oxygen atoms in total. The minimum atomic E-state index is -0.787. The van der Waals surface area contributed by atoms with Gasteiger partial charge in [0.2, 0.25) is 0 Å². The van der Waals surface area contributed by atoms with E-state index in [1.54, 1.807) is 18.2 Å². The van der Waals surface area contributed by atoms with E-state index in [0.29, 0.717) is 11.3 Å². The molecule has 1 unspecified atom stereocenters. The molecule has 2 N–H and O–H groups in total. The lowest BCUT2D eigenvalue weighted by Crippen LogP contribution is -2.32. The van der Waals surface area contributed by atoms with Crippen LogP contribution in [0.15, 0.2) is 57.7 Å². The third-order valence-corrected chi connectivity index (χ3v) is 4.87. The number of ether oxygens (including phenoxy) is 1. The van der Waals surface area contributed by atoms with Gasteiger partial charge in [0.05, 0.1) is 11.5 Å². The van der Waals surface area contributed by atoms with Crippen molar-refractivity contribution in [3.8, 4) is 5.75 Å². The Morgan fingerprint density at radius 1 is 1.20 bits per heavy atom. The number of amides is 1. The van der Waals surface area contributed by atoms with Crippen LogP contribution in [0.2, 0.25) is 0 Å². The predicted molar refractivity (Wildman–Crippen MR) is 116 cm³/mol. The number of carbonyl (C=O) groups is 1. The van der Waals surface area contributed by atoms with Crippen LogP contribution in [0.4, 0.5) is 0 Å². The normalized spacial score (nSPS) is 12.0. The summed E-state index contributed by atoms with van der Waals surface area (Å²) in [5.41, 5.74) is 2.53. The van der Waals surface area contributed by atoms with Gasteiger partial charge in [0, 0.05) is 12.6 Å². The lowest BCUT2D eigenvalue weighted by atomic mass is 10.0. The van der Waals surface area contributed by atoms with Crippen LogP contribution in [0.1, 0.15) is 42.6 Å². The van der Waals surface area contributed by atoms with Crippen LogP contribution in [-0.2, 0) is 11.2 Å². The Labute approximate surface area is 175 Å². The number of carbonyl (C=O) groups excluding carboxylic acids is 1. The summed E-state index contributed by atoms with van der Waals surface area (Å²) in [6, 6.07) is 14.3. The second-order valence-electron chi connectivity index (χ2n) is 7.35. The van der Waals surface area contributed by atoms with Gasteiger partial charge in [-0.2, -0.15) is 0 Å². The number of fused-ring (bicyclic) bond motifs is 1. The minimum absolute atomic E-state index is 0.0946. The first-order valence-corrected chi connectivity index (χ1v) is 10.2. The van der Waals surface area contributed by atoms with Crippen LogP contribution in [0.3, 0.4) is 0 Å². The molecule has 1 atom stereocenters. The number of benzene rings is 2. The SMILES string of the molecule is CCCCc1cc(=O)oc2cc(C)cc(OCC(=O)NCC(O)c3ccccc3)c12. The Balaban J connectivity index is 1.71. The molecule has 158 valence electrons. The third-order valence-electron chi connectivity index (χ3n) is 4.87. The van der Waals surface area contributed by atoms with Gasteiger partial charge in [0.15, 0.2) is 6.61 Å². The van der Waals surface area contributed by atoms with Crippen LogP contribution >= 0.6 is 0 Å². The Kier molecular flexibility index (Phi) is 7.25. The highest BCUT2D eigenvalue weighted by molar-refractivity contribution is 5.88. The van der Waals surface area contributed by atoms with Crippen LogP contribution in [-0.4, -0.2) is 24.2 Å². The van der Waals surface area contributed by atoms with Gasteiger partial charge in [0.25, 0.3) is 5.91 Å². The molecule has 6 heteroatoms. The van der Waals surface area contributed by atoms with Crippen molar-refractivity contribution in [1.29, 1.82) is 0 Å². The van der Waals surface area contributed by atoms with Crippen molar-refractivity contribution in [3.05, 3.63) is 75.6 Å². The molecule has 1 aromatic heterocycles. The number of rotatable bonds is 9. The molecule has 0 aliphatic heterocycles. The number of aliphatic hydroxyl groups is 1. The summed E-state index contributed by atoms with van der Waals surface area (Å²) in [6.07, 6.45) is 1.87. The number of nitrogens with one attached hydrogen (secondary N) is 1. The summed E-state index contributed by atoms with van der Waals surface area (Å²) in [5, 5.41) is 13.6. The largest absolute Gasteiger partial charge is 0.483 e. The molecule has 0 fully saturated rings. The summed E-state index contributed by atoms with van der Waals surface area (Å²) in [6.45, 7) is 3.86. The lowest BCUT2D eigenvalue weighted by molar-refractivity contribution is -0.123. The maximum atomic E-state index is 12.3. The van der Waals surface area contributed by atoms with E-state index >= 15 is 0 Å². The lowest BCUT2D eigenvalue weighted by Gasteiger charge is -2.14. The van der Waals surface area contributed by atoms with Crippen LogP contribution in [0.25, 0.3) is 11.0 Å². The first-order valence-electron chi connectivity index (χ1n) is 10.2.